The zero-order valence-electron chi connectivity index (χ0n) is 17.6. The Bertz CT molecular complexity index is 1390. The Morgan fingerprint density at radius 1 is 1.03 bits per heavy atom. The molecular weight excluding hydrogens is 418 g/mol. The first-order valence-electron chi connectivity index (χ1n) is 9.77. The van der Waals surface area contributed by atoms with Gasteiger partial charge in [-0.2, -0.15) is 0 Å². The lowest BCUT2D eigenvalue weighted by molar-refractivity contribution is -0.117. The number of carbonyl (C=O) groups is 1. The van der Waals surface area contributed by atoms with Gasteiger partial charge in [-0.3, -0.25) is 4.79 Å². The lowest BCUT2D eigenvalue weighted by Gasteiger charge is -2.09. The van der Waals surface area contributed by atoms with Crippen molar-refractivity contribution in [2.75, 3.05) is 10.6 Å². The van der Waals surface area contributed by atoms with Crippen LogP contribution in [0.15, 0.2) is 47.3 Å². The molecular formula is C22H20F2N6O2. The average Bonchev–Trinajstić information content (AvgIpc) is 2.99. The smallest absolute Gasteiger partial charge is 0.325 e. The molecule has 0 saturated carbocycles. The number of nitrogens with zero attached hydrogens (tertiary/aromatic N) is 4. The number of aromatic nitrogens is 4. The number of hydrogen-bond acceptors (Lipinski definition) is 5. The van der Waals surface area contributed by atoms with Crippen molar-refractivity contribution in [2.45, 2.75) is 27.3 Å². The molecule has 2 aromatic heterocycles. The number of hydrogen-bond donors (Lipinski definition) is 2. The molecule has 4 aromatic rings. The fourth-order valence-electron chi connectivity index (χ4n) is 3.44. The van der Waals surface area contributed by atoms with Gasteiger partial charge in [-0.1, -0.05) is 6.07 Å². The first-order chi connectivity index (χ1) is 15.2. The van der Waals surface area contributed by atoms with Crippen molar-refractivity contribution in [1.29, 1.82) is 0 Å². The Morgan fingerprint density at radius 2 is 1.75 bits per heavy atom. The van der Waals surface area contributed by atoms with E-state index in [9.17, 15) is 18.4 Å². The number of benzene rings is 2. The molecule has 2 heterocycles. The van der Waals surface area contributed by atoms with Gasteiger partial charge in [0.1, 0.15) is 18.2 Å². The zero-order valence-corrected chi connectivity index (χ0v) is 17.6. The van der Waals surface area contributed by atoms with Gasteiger partial charge in [0, 0.05) is 23.5 Å². The van der Waals surface area contributed by atoms with Gasteiger partial charge in [0.25, 0.3) is 0 Å². The summed E-state index contributed by atoms with van der Waals surface area (Å²) in [7, 11) is 0. The van der Waals surface area contributed by atoms with Crippen LogP contribution in [0.25, 0.3) is 5.65 Å². The standard InChI is InChI=1S/C22H20F2N6O2/c1-12-6-13(2)8-16(7-12)26-21-25-14(3)9-19-28-29(22(32)30(19)21)11-20(31)27-18-10-15(23)4-5-17(18)24/h4-10H,11H2,1-3H3,(H,25,26)(H,27,31). The predicted octanol–water partition coefficient (Wildman–Crippen LogP) is 3.48. The highest BCUT2D eigenvalue weighted by molar-refractivity contribution is 5.90. The van der Waals surface area contributed by atoms with Crippen LogP contribution in [0.3, 0.4) is 0 Å². The van der Waals surface area contributed by atoms with Crippen LogP contribution in [0.4, 0.5) is 26.1 Å². The molecule has 0 fully saturated rings. The molecule has 4 rings (SSSR count). The van der Waals surface area contributed by atoms with Crippen molar-refractivity contribution in [1.82, 2.24) is 19.2 Å². The quantitative estimate of drug-likeness (QED) is 0.498. The first kappa shape index (κ1) is 21.2. The van der Waals surface area contributed by atoms with E-state index in [4.69, 9.17) is 0 Å². The highest BCUT2D eigenvalue weighted by Gasteiger charge is 2.16. The summed E-state index contributed by atoms with van der Waals surface area (Å²) in [5.41, 5.74) is 2.82. The van der Waals surface area contributed by atoms with Gasteiger partial charge < -0.3 is 10.6 Å². The number of anilines is 3. The molecule has 0 aliphatic carbocycles. The zero-order chi connectivity index (χ0) is 23.0. The number of fused-ring (bicyclic) bond motifs is 1. The fraction of sp³-hybridized carbons (Fsp3) is 0.182. The number of carbonyl (C=O) groups excluding carboxylic acids is 1. The van der Waals surface area contributed by atoms with E-state index in [-0.39, 0.29) is 11.6 Å². The molecule has 0 atom stereocenters. The summed E-state index contributed by atoms with van der Waals surface area (Å²) in [5, 5.41) is 9.58. The summed E-state index contributed by atoms with van der Waals surface area (Å²) in [6.07, 6.45) is 0. The molecule has 0 saturated heterocycles. The number of aryl methyl sites for hydroxylation is 3. The van der Waals surface area contributed by atoms with Crippen LogP contribution in [-0.2, 0) is 11.3 Å². The van der Waals surface area contributed by atoms with Crippen molar-refractivity contribution in [3.8, 4) is 0 Å². The summed E-state index contributed by atoms with van der Waals surface area (Å²) in [4.78, 5) is 29.7. The van der Waals surface area contributed by atoms with Crippen molar-refractivity contribution in [3.63, 3.8) is 0 Å². The van der Waals surface area contributed by atoms with Crippen LogP contribution in [0.2, 0.25) is 0 Å². The van der Waals surface area contributed by atoms with Gasteiger partial charge in [0.15, 0.2) is 5.65 Å². The minimum atomic E-state index is -0.790. The van der Waals surface area contributed by atoms with Gasteiger partial charge >= 0.3 is 5.69 Å². The number of amides is 1. The molecule has 2 N–H and O–H groups in total. The molecule has 0 bridgehead atoms. The molecule has 10 heteroatoms. The van der Waals surface area contributed by atoms with Crippen molar-refractivity contribution >= 4 is 28.9 Å². The Morgan fingerprint density at radius 3 is 2.47 bits per heavy atom. The van der Waals surface area contributed by atoms with E-state index in [1.54, 1.807) is 13.0 Å². The predicted molar refractivity (Wildman–Crippen MR) is 116 cm³/mol. The Kier molecular flexibility index (Phi) is 5.43. The van der Waals surface area contributed by atoms with Crippen LogP contribution < -0.4 is 16.3 Å². The van der Waals surface area contributed by atoms with Gasteiger partial charge in [-0.05, 0) is 56.2 Å². The van der Waals surface area contributed by atoms with Crippen molar-refractivity contribution in [3.05, 3.63) is 81.4 Å². The SMILES string of the molecule is Cc1cc(C)cc(Nc2nc(C)cc3nn(CC(=O)Nc4cc(F)ccc4F)c(=O)n23)c1. The summed E-state index contributed by atoms with van der Waals surface area (Å²) in [5.74, 6) is -1.97. The van der Waals surface area contributed by atoms with E-state index in [0.29, 0.717) is 11.3 Å². The van der Waals surface area contributed by atoms with E-state index in [2.05, 4.69) is 20.7 Å². The minimum absolute atomic E-state index is 0.248. The maximum absolute atomic E-state index is 13.8. The second-order valence-electron chi connectivity index (χ2n) is 7.53. The summed E-state index contributed by atoms with van der Waals surface area (Å²) in [6, 6.07) is 10.2. The second-order valence-corrected chi connectivity index (χ2v) is 7.53. The number of rotatable bonds is 5. The third-order valence-corrected chi connectivity index (χ3v) is 4.67. The van der Waals surface area contributed by atoms with Gasteiger partial charge in [-0.25, -0.2) is 27.6 Å². The summed E-state index contributed by atoms with van der Waals surface area (Å²) >= 11 is 0. The Labute approximate surface area is 181 Å². The third-order valence-electron chi connectivity index (χ3n) is 4.67. The molecule has 8 nitrogen and oxygen atoms in total. The Hall–Kier alpha value is -4.08. The molecule has 0 aliphatic heterocycles. The van der Waals surface area contributed by atoms with Crippen LogP contribution in [0, 0.1) is 32.4 Å². The molecule has 1 amide bonds. The minimum Gasteiger partial charge on any atom is -0.325 e. The maximum Gasteiger partial charge on any atom is 0.353 e. The van der Waals surface area contributed by atoms with E-state index in [1.165, 1.54) is 4.40 Å². The van der Waals surface area contributed by atoms with E-state index in [0.717, 1.165) is 39.7 Å². The molecule has 0 aliphatic rings. The van der Waals surface area contributed by atoms with Crippen LogP contribution in [-0.4, -0.2) is 25.1 Å². The fourth-order valence-corrected chi connectivity index (χ4v) is 3.44. The number of halogens is 2. The van der Waals surface area contributed by atoms with Gasteiger partial charge in [0.05, 0.1) is 5.69 Å². The van der Waals surface area contributed by atoms with Crippen LogP contribution in [0.1, 0.15) is 16.8 Å². The highest BCUT2D eigenvalue weighted by atomic mass is 19.1. The number of nitrogens with one attached hydrogen (secondary N) is 2. The van der Waals surface area contributed by atoms with E-state index >= 15 is 0 Å². The topological polar surface area (TPSA) is 93.3 Å². The molecule has 2 aromatic carbocycles. The van der Waals surface area contributed by atoms with E-state index < -0.39 is 29.8 Å². The highest BCUT2D eigenvalue weighted by Crippen LogP contribution is 2.19. The van der Waals surface area contributed by atoms with Crippen LogP contribution in [0.5, 0.6) is 0 Å². The van der Waals surface area contributed by atoms with Crippen molar-refractivity contribution < 1.29 is 13.6 Å². The lowest BCUT2D eigenvalue weighted by atomic mass is 10.1. The first-order valence-corrected chi connectivity index (χ1v) is 9.77. The summed E-state index contributed by atoms with van der Waals surface area (Å²) in [6.45, 7) is 5.19. The normalized spacial score (nSPS) is 11.0. The Balaban J connectivity index is 1.66. The van der Waals surface area contributed by atoms with Crippen LogP contribution >= 0.6 is 0 Å². The summed E-state index contributed by atoms with van der Waals surface area (Å²) < 4.78 is 29.3. The monoisotopic (exact) mass is 438 g/mol. The largest absolute Gasteiger partial charge is 0.353 e. The maximum atomic E-state index is 13.8. The molecule has 0 unspecified atom stereocenters. The van der Waals surface area contributed by atoms with E-state index in [1.807, 2.05) is 32.0 Å². The molecule has 0 radical (unpaired) electrons. The second kappa shape index (κ2) is 8.22. The van der Waals surface area contributed by atoms with Gasteiger partial charge in [0.2, 0.25) is 11.9 Å². The van der Waals surface area contributed by atoms with Crippen molar-refractivity contribution in [2.24, 2.45) is 0 Å². The third kappa shape index (κ3) is 4.34. The van der Waals surface area contributed by atoms with Gasteiger partial charge in [-0.15, -0.1) is 5.10 Å². The molecule has 32 heavy (non-hydrogen) atoms. The average molecular weight is 438 g/mol. The molecule has 164 valence electrons. The lowest BCUT2D eigenvalue weighted by Crippen LogP contribution is -2.29. The molecule has 0 spiro atoms.